The third-order valence-electron chi connectivity index (χ3n) is 2.80. The van der Waals surface area contributed by atoms with E-state index < -0.39 is 0 Å². The third-order valence-corrected chi connectivity index (χ3v) is 3.94. The van der Waals surface area contributed by atoms with Crippen LogP contribution in [0, 0.1) is 0 Å². The number of nitrogens with two attached hydrogens (primary N) is 1. The number of rotatable bonds is 3. The second-order valence-electron chi connectivity index (χ2n) is 4.21. The minimum absolute atomic E-state index is 0.270. The second-order valence-corrected chi connectivity index (χ2v) is 5.90. The first-order valence-electron chi connectivity index (χ1n) is 5.62. The van der Waals surface area contributed by atoms with Crippen LogP contribution in [-0.4, -0.2) is 0 Å². The number of halogens is 4. The monoisotopic (exact) mass is 333 g/mol. The van der Waals surface area contributed by atoms with E-state index in [2.05, 4.69) is 0 Å². The van der Waals surface area contributed by atoms with Crippen LogP contribution in [-0.2, 0) is 6.42 Å². The largest absolute Gasteiger partial charge is 0.324 e. The molecule has 2 aromatic rings. The lowest BCUT2D eigenvalue weighted by Crippen LogP contribution is -2.14. The predicted octanol–water partition coefficient (Wildman–Crippen LogP) is 5.54. The van der Waals surface area contributed by atoms with Crippen molar-refractivity contribution in [3.8, 4) is 0 Å². The highest BCUT2D eigenvalue weighted by Gasteiger charge is 2.13. The van der Waals surface area contributed by atoms with Gasteiger partial charge in [-0.15, -0.1) is 0 Å². The molecule has 0 saturated carbocycles. The van der Waals surface area contributed by atoms with Crippen LogP contribution in [0.4, 0.5) is 0 Å². The summed E-state index contributed by atoms with van der Waals surface area (Å²) in [4.78, 5) is 0. The highest BCUT2D eigenvalue weighted by atomic mass is 35.5. The lowest BCUT2D eigenvalue weighted by Gasteiger charge is -2.15. The predicted molar refractivity (Wildman–Crippen MR) is 83.6 cm³/mol. The lowest BCUT2D eigenvalue weighted by molar-refractivity contribution is 0.722. The van der Waals surface area contributed by atoms with Crippen LogP contribution < -0.4 is 5.73 Å². The van der Waals surface area contributed by atoms with Gasteiger partial charge in [0.25, 0.3) is 0 Å². The molecule has 0 amide bonds. The summed E-state index contributed by atoms with van der Waals surface area (Å²) >= 11 is 24.2. The van der Waals surface area contributed by atoms with Gasteiger partial charge >= 0.3 is 0 Å². The zero-order chi connectivity index (χ0) is 14.0. The number of benzene rings is 2. The van der Waals surface area contributed by atoms with E-state index in [0.29, 0.717) is 26.5 Å². The van der Waals surface area contributed by atoms with Gasteiger partial charge in [-0.1, -0.05) is 52.5 Å². The molecule has 0 aromatic heterocycles. The molecule has 2 rings (SSSR count). The Balaban J connectivity index is 2.28. The highest BCUT2D eigenvalue weighted by molar-refractivity contribution is 6.36. The minimum atomic E-state index is -0.270. The fourth-order valence-electron chi connectivity index (χ4n) is 1.85. The SMILES string of the molecule is NC(Cc1c(Cl)cccc1Cl)c1cc(Cl)cc(Cl)c1. The molecular formula is C14H11Cl4N. The lowest BCUT2D eigenvalue weighted by atomic mass is 9.99. The van der Waals surface area contributed by atoms with E-state index in [1.807, 2.05) is 0 Å². The molecule has 0 aliphatic rings. The van der Waals surface area contributed by atoms with Gasteiger partial charge < -0.3 is 5.73 Å². The quantitative estimate of drug-likeness (QED) is 0.783. The third kappa shape index (κ3) is 3.77. The summed E-state index contributed by atoms with van der Waals surface area (Å²) in [6, 6.07) is 10.4. The first-order chi connectivity index (χ1) is 8.97. The minimum Gasteiger partial charge on any atom is -0.324 e. The summed E-state index contributed by atoms with van der Waals surface area (Å²) in [5.74, 6) is 0. The zero-order valence-corrected chi connectivity index (χ0v) is 12.9. The van der Waals surface area contributed by atoms with Crippen LogP contribution in [0.5, 0.6) is 0 Å². The van der Waals surface area contributed by atoms with Gasteiger partial charge in [-0.05, 0) is 47.9 Å². The maximum absolute atomic E-state index is 6.17. The summed E-state index contributed by atoms with van der Waals surface area (Å²) < 4.78 is 0. The standard InChI is InChI=1S/C14H11Cl4N/c15-9-4-8(5-10(16)6-9)14(19)7-11-12(17)2-1-3-13(11)18/h1-6,14H,7,19H2. The molecular weight excluding hydrogens is 324 g/mol. The summed E-state index contributed by atoms with van der Waals surface area (Å²) in [5, 5.41) is 2.33. The number of hydrogen-bond acceptors (Lipinski definition) is 1. The molecule has 0 radical (unpaired) electrons. The normalized spacial score (nSPS) is 12.5. The average Bonchev–Trinajstić information content (AvgIpc) is 2.32. The summed E-state index contributed by atoms with van der Waals surface area (Å²) in [6.07, 6.45) is 0.523. The summed E-state index contributed by atoms with van der Waals surface area (Å²) in [7, 11) is 0. The first kappa shape index (κ1) is 15.0. The molecule has 1 nitrogen and oxygen atoms in total. The van der Waals surface area contributed by atoms with Crippen molar-refractivity contribution in [3.63, 3.8) is 0 Å². The van der Waals surface area contributed by atoms with Crippen molar-refractivity contribution in [3.05, 3.63) is 67.6 Å². The van der Waals surface area contributed by atoms with E-state index in [9.17, 15) is 0 Å². The van der Waals surface area contributed by atoms with Crippen molar-refractivity contribution < 1.29 is 0 Å². The van der Waals surface area contributed by atoms with Gasteiger partial charge in [0.05, 0.1) is 0 Å². The Bertz CT molecular complexity index is 557. The maximum atomic E-state index is 6.17. The fourth-order valence-corrected chi connectivity index (χ4v) is 2.95. The molecule has 0 heterocycles. The fraction of sp³-hybridized carbons (Fsp3) is 0.143. The Kier molecular flexibility index (Phi) is 4.99. The average molecular weight is 335 g/mol. The summed E-state index contributed by atoms with van der Waals surface area (Å²) in [5.41, 5.74) is 7.85. The van der Waals surface area contributed by atoms with Crippen molar-refractivity contribution in [1.29, 1.82) is 0 Å². The van der Waals surface area contributed by atoms with Crippen LogP contribution in [0.2, 0.25) is 20.1 Å². The Hall–Kier alpha value is -0.440. The molecule has 0 fully saturated rings. The van der Waals surface area contributed by atoms with E-state index in [0.717, 1.165) is 11.1 Å². The van der Waals surface area contributed by atoms with E-state index >= 15 is 0 Å². The van der Waals surface area contributed by atoms with Crippen molar-refractivity contribution in [2.75, 3.05) is 0 Å². The summed E-state index contributed by atoms with van der Waals surface area (Å²) in [6.45, 7) is 0. The van der Waals surface area contributed by atoms with Crippen LogP contribution in [0.25, 0.3) is 0 Å². The van der Waals surface area contributed by atoms with E-state index in [1.54, 1.807) is 36.4 Å². The molecule has 100 valence electrons. The van der Waals surface area contributed by atoms with Gasteiger partial charge in [0.15, 0.2) is 0 Å². The Morgan fingerprint density at radius 2 is 1.42 bits per heavy atom. The molecule has 5 heteroatoms. The van der Waals surface area contributed by atoms with Crippen LogP contribution >= 0.6 is 46.4 Å². The number of hydrogen-bond donors (Lipinski definition) is 1. The second kappa shape index (κ2) is 6.34. The van der Waals surface area contributed by atoms with Gasteiger partial charge in [0, 0.05) is 26.1 Å². The van der Waals surface area contributed by atoms with Crippen molar-refractivity contribution in [1.82, 2.24) is 0 Å². The van der Waals surface area contributed by atoms with Gasteiger partial charge in [0.1, 0.15) is 0 Å². The van der Waals surface area contributed by atoms with Crippen LogP contribution in [0.1, 0.15) is 17.2 Å². The molecule has 0 aliphatic carbocycles. The van der Waals surface area contributed by atoms with Crippen molar-refractivity contribution in [2.45, 2.75) is 12.5 Å². The molecule has 19 heavy (non-hydrogen) atoms. The van der Waals surface area contributed by atoms with Crippen molar-refractivity contribution >= 4 is 46.4 Å². The molecule has 0 spiro atoms. The zero-order valence-electron chi connectivity index (χ0n) is 9.84. The maximum Gasteiger partial charge on any atom is 0.0453 e. The molecule has 1 unspecified atom stereocenters. The molecule has 2 aromatic carbocycles. The molecule has 0 aliphatic heterocycles. The Labute approximate surface area is 132 Å². The van der Waals surface area contributed by atoms with Crippen molar-refractivity contribution in [2.24, 2.45) is 5.73 Å². The topological polar surface area (TPSA) is 26.0 Å². The smallest absolute Gasteiger partial charge is 0.0453 e. The molecule has 1 atom stereocenters. The van der Waals surface area contributed by atoms with Crippen LogP contribution in [0.3, 0.4) is 0 Å². The Morgan fingerprint density at radius 3 is 1.95 bits per heavy atom. The van der Waals surface area contributed by atoms with E-state index in [1.165, 1.54) is 0 Å². The molecule has 0 bridgehead atoms. The van der Waals surface area contributed by atoms with E-state index in [-0.39, 0.29) is 6.04 Å². The van der Waals surface area contributed by atoms with E-state index in [4.69, 9.17) is 52.1 Å². The van der Waals surface area contributed by atoms with Crippen LogP contribution in [0.15, 0.2) is 36.4 Å². The highest BCUT2D eigenvalue weighted by Crippen LogP contribution is 2.30. The first-order valence-corrected chi connectivity index (χ1v) is 7.13. The molecule has 2 N–H and O–H groups in total. The van der Waals surface area contributed by atoms with Gasteiger partial charge in [-0.2, -0.15) is 0 Å². The van der Waals surface area contributed by atoms with Gasteiger partial charge in [-0.3, -0.25) is 0 Å². The molecule has 0 saturated heterocycles. The van der Waals surface area contributed by atoms with Gasteiger partial charge in [-0.25, -0.2) is 0 Å². The van der Waals surface area contributed by atoms with Gasteiger partial charge in [0.2, 0.25) is 0 Å². The Morgan fingerprint density at radius 1 is 0.895 bits per heavy atom.